The molecule has 2 rings (SSSR count). The van der Waals surface area contributed by atoms with E-state index in [0.717, 1.165) is 23.6 Å². The van der Waals surface area contributed by atoms with E-state index >= 15 is 0 Å². The van der Waals surface area contributed by atoms with Crippen molar-refractivity contribution in [3.8, 4) is 0 Å². The van der Waals surface area contributed by atoms with Gasteiger partial charge >= 0.3 is 0 Å². The van der Waals surface area contributed by atoms with Crippen molar-refractivity contribution in [2.75, 3.05) is 6.26 Å². The lowest BCUT2D eigenvalue weighted by Crippen LogP contribution is -2.44. The average molecular weight is 319 g/mol. The molecule has 0 N–H and O–H groups in total. The minimum absolute atomic E-state index is 0.0378. The average Bonchev–Trinajstić information content (AvgIpc) is 2.13. The van der Waals surface area contributed by atoms with Crippen LogP contribution in [0.15, 0.2) is 28.7 Å². The summed E-state index contributed by atoms with van der Waals surface area (Å²) in [5.41, 5.74) is 1.27. The summed E-state index contributed by atoms with van der Waals surface area (Å²) in [7, 11) is -3.33. The molecule has 1 fully saturated rings. The number of rotatable bonds is 3. The van der Waals surface area contributed by atoms with Gasteiger partial charge in [-0.1, -0.05) is 35.0 Å². The van der Waals surface area contributed by atoms with Gasteiger partial charge in [-0.05, 0) is 36.0 Å². The highest BCUT2D eigenvalue weighted by Crippen LogP contribution is 2.45. The van der Waals surface area contributed by atoms with Crippen LogP contribution in [-0.4, -0.2) is 20.8 Å². The molecule has 1 aliphatic carbocycles. The van der Waals surface area contributed by atoms with Crippen LogP contribution in [0.4, 0.5) is 0 Å². The maximum Gasteiger partial charge on any atom is 0.264 e. The molecular weight excluding hydrogens is 304 g/mol. The zero-order valence-electron chi connectivity index (χ0n) is 9.81. The Morgan fingerprint density at radius 1 is 1.29 bits per heavy atom. The molecule has 5 heteroatoms. The van der Waals surface area contributed by atoms with E-state index in [4.69, 9.17) is 4.18 Å². The predicted octanol–water partition coefficient (Wildman–Crippen LogP) is 2.85. The van der Waals surface area contributed by atoms with Gasteiger partial charge < -0.3 is 0 Å². The largest absolute Gasteiger partial charge is 0.267 e. The second-order valence-electron chi connectivity index (χ2n) is 4.90. The van der Waals surface area contributed by atoms with Crippen LogP contribution < -0.4 is 0 Å². The highest BCUT2D eigenvalue weighted by molar-refractivity contribution is 9.10. The molecule has 0 saturated heterocycles. The van der Waals surface area contributed by atoms with Crippen LogP contribution in [0, 0.1) is 0 Å². The molecule has 94 valence electrons. The molecule has 0 aromatic heterocycles. The standard InChI is InChI=1S/C12H15BrO3S/c1-12(9-3-5-10(13)6-4-9)7-11(8-12)16-17(2,14)15/h3-6,11H,7-8H2,1-2H3. The summed E-state index contributed by atoms with van der Waals surface area (Å²) in [6.45, 7) is 2.14. The summed E-state index contributed by atoms with van der Waals surface area (Å²) in [4.78, 5) is 0. The van der Waals surface area contributed by atoms with Gasteiger partial charge in [0, 0.05) is 4.47 Å². The van der Waals surface area contributed by atoms with Gasteiger partial charge in [-0.25, -0.2) is 0 Å². The lowest BCUT2D eigenvalue weighted by molar-refractivity contribution is 0.0546. The first-order chi connectivity index (χ1) is 7.78. The van der Waals surface area contributed by atoms with E-state index in [1.165, 1.54) is 5.56 Å². The lowest BCUT2D eigenvalue weighted by atomic mass is 9.64. The van der Waals surface area contributed by atoms with Gasteiger partial charge in [-0.15, -0.1) is 0 Å². The van der Waals surface area contributed by atoms with Gasteiger partial charge in [0.1, 0.15) is 0 Å². The van der Waals surface area contributed by atoms with Gasteiger partial charge in [0.05, 0.1) is 12.4 Å². The van der Waals surface area contributed by atoms with Crippen molar-refractivity contribution in [1.82, 2.24) is 0 Å². The molecule has 3 nitrogen and oxygen atoms in total. The molecule has 1 aliphatic rings. The first-order valence-corrected chi connectivity index (χ1v) is 8.04. The second-order valence-corrected chi connectivity index (χ2v) is 7.41. The summed E-state index contributed by atoms with van der Waals surface area (Å²) in [6.07, 6.45) is 2.43. The van der Waals surface area contributed by atoms with Crippen LogP contribution in [0.5, 0.6) is 0 Å². The van der Waals surface area contributed by atoms with E-state index in [1.807, 2.05) is 12.1 Å². The highest BCUT2D eigenvalue weighted by atomic mass is 79.9. The molecule has 0 bridgehead atoms. The zero-order valence-corrected chi connectivity index (χ0v) is 12.2. The first-order valence-electron chi connectivity index (χ1n) is 5.43. The Kier molecular flexibility index (Phi) is 3.36. The van der Waals surface area contributed by atoms with Gasteiger partial charge in [0.15, 0.2) is 0 Å². The van der Waals surface area contributed by atoms with Gasteiger partial charge in [0.2, 0.25) is 0 Å². The Hall–Kier alpha value is -0.390. The molecule has 1 aromatic rings. The Morgan fingerprint density at radius 3 is 2.29 bits per heavy atom. The Morgan fingerprint density at radius 2 is 1.82 bits per heavy atom. The van der Waals surface area contributed by atoms with Crippen molar-refractivity contribution in [3.63, 3.8) is 0 Å². The summed E-state index contributed by atoms with van der Waals surface area (Å²) < 4.78 is 28.0. The van der Waals surface area contributed by atoms with Gasteiger partial charge in [-0.2, -0.15) is 8.42 Å². The normalized spacial score (nSPS) is 28.8. The van der Waals surface area contributed by atoms with Gasteiger partial charge in [0.25, 0.3) is 10.1 Å². The highest BCUT2D eigenvalue weighted by Gasteiger charge is 2.43. The molecule has 0 spiro atoms. The molecule has 0 heterocycles. The van der Waals surface area contributed by atoms with Crippen molar-refractivity contribution >= 4 is 26.0 Å². The Labute approximate surface area is 110 Å². The number of benzene rings is 1. The summed E-state index contributed by atoms with van der Waals surface area (Å²) in [6, 6.07) is 8.15. The van der Waals surface area contributed by atoms with E-state index in [9.17, 15) is 8.42 Å². The van der Waals surface area contributed by atoms with Crippen molar-refractivity contribution < 1.29 is 12.6 Å². The smallest absolute Gasteiger partial charge is 0.264 e. The van der Waals surface area contributed by atoms with E-state index in [2.05, 4.69) is 35.0 Å². The molecule has 1 aromatic carbocycles. The summed E-state index contributed by atoms with van der Waals surface area (Å²) in [5, 5.41) is 0. The molecule has 0 atom stereocenters. The van der Waals surface area contributed by atoms with Crippen molar-refractivity contribution in [2.24, 2.45) is 0 Å². The topological polar surface area (TPSA) is 43.4 Å². The van der Waals surface area contributed by atoms with Crippen LogP contribution in [0.1, 0.15) is 25.3 Å². The third-order valence-electron chi connectivity index (χ3n) is 3.21. The first kappa shape index (κ1) is 13.1. The van der Waals surface area contributed by atoms with Gasteiger partial charge in [-0.3, -0.25) is 4.18 Å². The van der Waals surface area contributed by atoms with Crippen molar-refractivity contribution in [3.05, 3.63) is 34.3 Å². The zero-order chi connectivity index (χ0) is 12.7. The third kappa shape index (κ3) is 3.09. The summed E-state index contributed by atoms with van der Waals surface area (Å²) in [5.74, 6) is 0. The van der Waals surface area contributed by atoms with E-state index in [1.54, 1.807) is 0 Å². The van der Waals surface area contributed by atoms with Crippen molar-refractivity contribution in [1.29, 1.82) is 0 Å². The Bertz CT molecular complexity index is 501. The molecule has 1 saturated carbocycles. The SMILES string of the molecule is CC1(c2ccc(Br)cc2)CC(OS(C)(=O)=O)C1. The molecule has 0 radical (unpaired) electrons. The maximum absolute atomic E-state index is 11.0. The number of halogens is 1. The molecule has 17 heavy (non-hydrogen) atoms. The quantitative estimate of drug-likeness (QED) is 0.805. The maximum atomic E-state index is 11.0. The second kappa shape index (κ2) is 4.37. The van der Waals surface area contributed by atoms with E-state index in [0.29, 0.717) is 0 Å². The molecule has 0 amide bonds. The Balaban J connectivity index is 2.03. The molecule has 0 aliphatic heterocycles. The van der Waals surface area contributed by atoms with Crippen LogP contribution in [-0.2, 0) is 19.7 Å². The van der Waals surface area contributed by atoms with Crippen molar-refractivity contribution in [2.45, 2.75) is 31.3 Å². The fraction of sp³-hybridized carbons (Fsp3) is 0.500. The van der Waals surface area contributed by atoms with Crippen LogP contribution in [0.2, 0.25) is 0 Å². The fourth-order valence-corrected chi connectivity index (χ4v) is 3.24. The minimum atomic E-state index is -3.33. The lowest BCUT2D eigenvalue weighted by Gasteiger charge is -2.44. The van der Waals surface area contributed by atoms with E-state index < -0.39 is 10.1 Å². The van der Waals surface area contributed by atoms with E-state index in [-0.39, 0.29) is 11.5 Å². The number of hydrogen-bond acceptors (Lipinski definition) is 3. The predicted molar refractivity (Wildman–Crippen MR) is 70.4 cm³/mol. The van der Waals surface area contributed by atoms with Crippen LogP contribution in [0.3, 0.4) is 0 Å². The summed E-state index contributed by atoms with van der Waals surface area (Å²) >= 11 is 3.40. The molecular formula is C12H15BrO3S. The fourth-order valence-electron chi connectivity index (χ4n) is 2.35. The monoisotopic (exact) mass is 318 g/mol. The third-order valence-corrected chi connectivity index (χ3v) is 4.36. The molecule has 0 unspecified atom stereocenters. The van der Waals surface area contributed by atoms with Crippen LogP contribution in [0.25, 0.3) is 0 Å². The number of hydrogen-bond donors (Lipinski definition) is 0. The minimum Gasteiger partial charge on any atom is -0.267 e. The van der Waals surface area contributed by atoms with Crippen LogP contribution >= 0.6 is 15.9 Å².